The maximum absolute atomic E-state index is 9.30. The summed E-state index contributed by atoms with van der Waals surface area (Å²) in [5.74, 6) is 0. The van der Waals surface area contributed by atoms with Gasteiger partial charge in [0.25, 0.3) is 0 Å². The fourth-order valence-electron chi connectivity index (χ4n) is 2.18. The summed E-state index contributed by atoms with van der Waals surface area (Å²) >= 11 is 0. The summed E-state index contributed by atoms with van der Waals surface area (Å²) in [6, 6.07) is 14.0. The smallest absolute Gasteiger partial charge is 0.423 e. The average molecular weight is 226 g/mol. The second-order valence-electron chi connectivity index (χ2n) is 4.26. The molecule has 0 atom stereocenters. The van der Waals surface area contributed by atoms with Crippen molar-refractivity contribution in [1.82, 2.24) is 0 Å². The molecule has 3 heteroatoms. The molecule has 2 nitrogen and oxygen atoms in total. The summed E-state index contributed by atoms with van der Waals surface area (Å²) in [5, 5.41) is 18.6. The Bertz CT molecular complexity index is 498. The van der Waals surface area contributed by atoms with Crippen LogP contribution in [0.1, 0.15) is 11.1 Å². The van der Waals surface area contributed by atoms with E-state index in [2.05, 4.69) is 0 Å². The highest BCUT2D eigenvalue weighted by atomic mass is 16.4. The number of aryl methyl sites for hydroxylation is 2. The predicted molar refractivity (Wildman–Crippen MR) is 71.2 cm³/mol. The highest BCUT2D eigenvalue weighted by Gasteiger charge is 2.17. The number of rotatable bonds is 2. The van der Waals surface area contributed by atoms with E-state index >= 15 is 0 Å². The van der Waals surface area contributed by atoms with Crippen LogP contribution in [-0.4, -0.2) is 17.2 Å². The molecule has 17 heavy (non-hydrogen) atoms. The van der Waals surface area contributed by atoms with E-state index in [4.69, 9.17) is 0 Å². The predicted octanol–water partition coefficient (Wildman–Crippen LogP) is 1.65. The van der Waals surface area contributed by atoms with Gasteiger partial charge in [-0.05, 0) is 30.4 Å². The average Bonchev–Trinajstić information content (AvgIpc) is 2.28. The summed E-state index contributed by atoms with van der Waals surface area (Å²) in [4.78, 5) is 0. The number of hydrogen-bond donors (Lipinski definition) is 2. The molecular formula is C14H15BO2. The molecule has 2 rings (SSSR count). The molecule has 0 amide bonds. The summed E-state index contributed by atoms with van der Waals surface area (Å²) < 4.78 is 0. The van der Waals surface area contributed by atoms with Crippen LogP contribution in [0.25, 0.3) is 11.1 Å². The van der Waals surface area contributed by atoms with Gasteiger partial charge in [0.15, 0.2) is 0 Å². The van der Waals surface area contributed by atoms with E-state index in [1.165, 1.54) is 0 Å². The van der Waals surface area contributed by atoms with Gasteiger partial charge < -0.3 is 10.0 Å². The zero-order chi connectivity index (χ0) is 12.4. The van der Waals surface area contributed by atoms with Crippen molar-refractivity contribution in [2.45, 2.75) is 13.8 Å². The summed E-state index contributed by atoms with van der Waals surface area (Å²) in [6.45, 7) is 3.79. The summed E-state index contributed by atoms with van der Waals surface area (Å²) in [7, 11) is -1.40. The SMILES string of the molecule is Cc1cc(-c2ccccc2)cc(C)c1B(O)O. The largest absolute Gasteiger partial charge is 0.488 e. The van der Waals surface area contributed by atoms with Gasteiger partial charge in [-0.15, -0.1) is 0 Å². The number of benzene rings is 2. The fraction of sp³-hybridized carbons (Fsp3) is 0.143. The van der Waals surface area contributed by atoms with Crippen molar-refractivity contribution in [3.63, 3.8) is 0 Å². The molecule has 0 radical (unpaired) electrons. The standard InChI is InChI=1S/C14H15BO2/c1-10-8-13(12-6-4-3-5-7-12)9-11(2)14(10)15(16)17/h3-9,16-17H,1-2H3. The normalized spacial score (nSPS) is 10.4. The molecule has 2 aromatic rings. The maximum Gasteiger partial charge on any atom is 0.488 e. The summed E-state index contributed by atoms with van der Waals surface area (Å²) in [6.07, 6.45) is 0. The lowest BCUT2D eigenvalue weighted by atomic mass is 9.73. The lowest BCUT2D eigenvalue weighted by Gasteiger charge is -2.12. The molecule has 0 aliphatic rings. The highest BCUT2D eigenvalue weighted by Crippen LogP contribution is 2.20. The molecule has 86 valence electrons. The number of hydrogen-bond acceptors (Lipinski definition) is 2. The molecule has 0 heterocycles. The molecule has 0 aliphatic carbocycles. The van der Waals surface area contributed by atoms with Crippen LogP contribution in [0.2, 0.25) is 0 Å². The second kappa shape index (κ2) is 4.74. The molecule has 0 fully saturated rings. The van der Waals surface area contributed by atoms with Crippen LogP contribution in [0.4, 0.5) is 0 Å². The van der Waals surface area contributed by atoms with Crippen molar-refractivity contribution in [2.75, 3.05) is 0 Å². The van der Waals surface area contributed by atoms with Crippen molar-refractivity contribution in [2.24, 2.45) is 0 Å². The van der Waals surface area contributed by atoms with Crippen LogP contribution in [0.15, 0.2) is 42.5 Å². The molecule has 0 saturated heterocycles. The van der Waals surface area contributed by atoms with E-state index in [-0.39, 0.29) is 0 Å². The first-order valence-electron chi connectivity index (χ1n) is 5.62. The minimum Gasteiger partial charge on any atom is -0.423 e. The zero-order valence-corrected chi connectivity index (χ0v) is 10.0. The zero-order valence-electron chi connectivity index (χ0n) is 10.0. The van der Waals surface area contributed by atoms with Gasteiger partial charge in [-0.3, -0.25) is 0 Å². The third-order valence-corrected chi connectivity index (χ3v) is 2.96. The van der Waals surface area contributed by atoms with Crippen molar-refractivity contribution in [3.05, 3.63) is 53.6 Å². The fourth-order valence-corrected chi connectivity index (χ4v) is 2.18. The highest BCUT2D eigenvalue weighted by molar-refractivity contribution is 6.59. The Morgan fingerprint density at radius 3 is 1.82 bits per heavy atom. The van der Waals surface area contributed by atoms with E-state index in [1.54, 1.807) is 0 Å². The molecule has 0 unspecified atom stereocenters. The first-order valence-corrected chi connectivity index (χ1v) is 5.62. The van der Waals surface area contributed by atoms with Crippen molar-refractivity contribution < 1.29 is 10.0 Å². The lowest BCUT2D eigenvalue weighted by Crippen LogP contribution is -2.34. The Hall–Kier alpha value is -1.58. The van der Waals surface area contributed by atoms with Gasteiger partial charge >= 0.3 is 7.12 Å². The second-order valence-corrected chi connectivity index (χ2v) is 4.26. The third-order valence-electron chi connectivity index (χ3n) is 2.96. The maximum atomic E-state index is 9.30. The molecule has 0 aliphatic heterocycles. The lowest BCUT2D eigenvalue weighted by molar-refractivity contribution is 0.425. The monoisotopic (exact) mass is 226 g/mol. The molecule has 2 aromatic carbocycles. The first-order chi connectivity index (χ1) is 8.09. The molecular weight excluding hydrogens is 211 g/mol. The van der Waals surface area contributed by atoms with Crippen LogP contribution in [0.5, 0.6) is 0 Å². The first kappa shape index (κ1) is 11.9. The Kier molecular flexibility index (Phi) is 3.32. The minimum absolute atomic E-state index is 0.602. The Morgan fingerprint density at radius 1 is 0.824 bits per heavy atom. The van der Waals surface area contributed by atoms with Gasteiger partial charge in [-0.2, -0.15) is 0 Å². The molecule has 0 aromatic heterocycles. The van der Waals surface area contributed by atoms with E-state index < -0.39 is 7.12 Å². The third kappa shape index (κ3) is 2.41. The minimum atomic E-state index is -1.40. The van der Waals surface area contributed by atoms with E-state index in [0.29, 0.717) is 5.46 Å². The van der Waals surface area contributed by atoms with Crippen molar-refractivity contribution in [1.29, 1.82) is 0 Å². The Labute approximate surface area is 102 Å². The summed E-state index contributed by atoms with van der Waals surface area (Å²) in [5.41, 5.74) is 4.64. The van der Waals surface area contributed by atoms with Crippen LogP contribution >= 0.6 is 0 Å². The van der Waals surface area contributed by atoms with Crippen molar-refractivity contribution in [3.8, 4) is 11.1 Å². The molecule has 0 saturated carbocycles. The van der Waals surface area contributed by atoms with Crippen LogP contribution in [-0.2, 0) is 0 Å². The van der Waals surface area contributed by atoms with E-state index in [0.717, 1.165) is 22.3 Å². The topological polar surface area (TPSA) is 40.5 Å². The molecule has 0 bridgehead atoms. The van der Waals surface area contributed by atoms with Crippen molar-refractivity contribution >= 4 is 12.6 Å². The van der Waals surface area contributed by atoms with Gasteiger partial charge in [0, 0.05) is 0 Å². The Balaban J connectivity index is 2.53. The van der Waals surface area contributed by atoms with Gasteiger partial charge in [-0.25, -0.2) is 0 Å². The van der Waals surface area contributed by atoms with E-state index in [9.17, 15) is 10.0 Å². The van der Waals surface area contributed by atoms with Gasteiger partial charge in [0.2, 0.25) is 0 Å². The molecule has 0 spiro atoms. The quantitative estimate of drug-likeness (QED) is 0.764. The van der Waals surface area contributed by atoms with Gasteiger partial charge in [0.05, 0.1) is 0 Å². The van der Waals surface area contributed by atoms with Crippen LogP contribution in [0.3, 0.4) is 0 Å². The van der Waals surface area contributed by atoms with Crippen LogP contribution in [0, 0.1) is 13.8 Å². The van der Waals surface area contributed by atoms with Gasteiger partial charge in [-0.1, -0.05) is 53.6 Å². The Morgan fingerprint density at radius 2 is 1.35 bits per heavy atom. The van der Waals surface area contributed by atoms with Gasteiger partial charge in [0.1, 0.15) is 0 Å². The van der Waals surface area contributed by atoms with Crippen LogP contribution < -0.4 is 5.46 Å². The van der Waals surface area contributed by atoms with E-state index in [1.807, 2.05) is 56.3 Å². The molecule has 2 N–H and O–H groups in total.